The smallest absolute Gasteiger partial charge is 0.411 e. The van der Waals surface area contributed by atoms with Crippen molar-refractivity contribution < 1.29 is 27.0 Å². The normalized spacial score (nSPS) is 11.4. The largest absolute Gasteiger partial charge is 0.494 e. The van der Waals surface area contributed by atoms with Gasteiger partial charge >= 0.3 is 6.18 Å². The summed E-state index contributed by atoms with van der Waals surface area (Å²) < 4.78 is 57.4. The van der Waals surface area contributed by atoms with Crippen LogP contribution in [0.5, 0.6) is 5.75 Å². The van der Waals surface area contributed by atoms with Crippen LogP contribution in [0.1, 0.15) is 0 Å². The van der Waals surface area contributed by atoms with Crippen LogP contribution in [0, 0.1) is 5.82 Å². The summed E-state index contributed by atoms with van der Waals surface area (Å²) in [5.41, 5.74) is 0.545. The SMILES string of the molecule is COc1cc(NCCOCC(F)(F)F)ccc1F. The molecule has 1 rings (SSSR count). The minimum absolute atomic E-state index is 0.0659. The molecule has 0 amide bonds. The molecule has 102 valence electrons. The molecule has 0 atom stereocenters. The number of benzene rings is 1. The second kappa shape index (κ2) is 6.44. The van der Waals surface area contributed by atoms with Crippen molar-refractivity contribution in [2.24, 2.45) is 0 Å². The van der Waals surface area contributed by atoms with Gasteiger partial charge in [0, 0.05) is 18.3 Å². The van der Waals surface area contributed by atoms with Crippen LogP contribution in [0.3, 0.4) is 0 Å². The molecule has 0 saturated heterocycles. The quantitative estimate of drug-likeness (QED) is 0.635. The fourth-order valence-corrected chi connectivity index (χ4v) is 1.23. The highest BCUT2D eigenvalue weighted by molar-refractivity contribution is 5.48. The van der Waals surface area contributed by atoms with E-state index in [1.54, 1.807) is 0 Å². The first kappa shape index (κ1) is 14.6. The molecule has 0 aliphatic rings. The van der Waals surface area contributed by atoms with Gasteiger partial charge in [0.1, 0.15) is 6.61 Å². The third-order valence-corrected chi connectivity index (χ3v) is 1.99. The van der Waals surface area contributed by atoms with Gasteiger partial charge in [-0.3, -0.25) is 0 Å². The lowest BCUT2D eigenvalue weighted by Gasteiger charge is -2.10. The third-order valence-electron chi connectivity index (χ3n) is 1.99. The highest BCUT2D eigenvalue weighted by Gasteiger charge is 2.27. The summed E-state index contributed by atoms with van der Waals surface area (Å²) in [7, 11) is 1.33. The number of nitrogens with one attached hydrogen (secondary N) is 1. The molecular weight excluding hydrogens is 254 g/mol. The van der Waals surface area contributed by atoms with Gasteiger partial charge in [-0.2, -0.15) is 13.2 Å². The first-order chi connectivity index (χ1) is 8.42. The van der Waals surface area contributed by atoms with Crippen molar-refractivity contribution in [3.05, 3.63) is 24.0 Å². The van der Waals surface area contributed by atoms with Gasteiger partial charge in [-0.25, -0.2) is 4.39 Å². The topological polar surface area (TPSA) is 30.5 Å². The van der Waals surface area contributed by atoms with Crippen LogP contribution in [0.25, 0.3) is 0 Å². The molecule has 7 heteroatoms. The zero-order chi connectivity index (χ0) is 13.6. The highest BCUT2D eigenvalue weighted by atomic mass is 19.4. The molecule has 1 aromatic rings. The Morgan fingerprint density at radius 2 is 2.00 bits per heavy atom. The van der Waals surface area contributed by atoms with Crippen LogP contribution in [-0.4, -0.2) is 33.0 Å². The molecule has 3 nitrogen and oxygen atoms in total. The van der Waals surface area contributed by atoms with E-state index in [2.05, 4.69) is 10.1 Å². The van der Waals surface area contributed by atoms with Gasteiger partial charge < -0.3 is 14.8 Å². The summed E-state index contributed by atoms with van der Waals surface area (Å²) in [6, 6.07) is 4.08. The number of anilines is 1. The molecule has 0 unspecified atom stereocenters. The number of hydrogen-bond donors (Lipinski definition) is 1. The van der Waals surface area contributed by atoms with Crippen molar-refractivity contribution in [2.45, 2.75) is 6.18 Å². The third kappa shape index (κ3) is 5.22. The predicted molar refractivity (Wildman–Crippen MR) is 58.3 cm³/mol. The van der Waals surface area contributed by atoms with E-state index in [0.29, 0.717) is 5.69 Å². The van der Waals surface area contributed by atoms with Crippen LogP contribution in [0.2, 0.25) is 0 Å². The Labute approximate surface area is 102 Å². The second-order valence-corrected chi connectivity index (χ2v) is 3.44. The minimum Gasteiger partial charge on any atom is -0.494 e. The maximum Gasteiger partial charge on any atom is 0.411 e. The number of methoxy groups -OCH3 is 1. The van der Waals surface area contributed by atoms with Crippen molar-refractivity contribution in [3.63, 3.8) is 0 Å². The Kier molecular flexibility index (Phi) is 5.21. The van der Waals surface area contributed by atoms with Crippen LogP contribution < -0.4 is 10.1 Å². The Hall–Kier alpha value is -1.50. The Morgan fingerprint density at radius 3 is 2.61 bits per heavy atom. The van der Waals surface area contributed by atoms with Gasteiger partial charge in [-0.15, -0.1) is 0 Å². The fourth-order valence-electron chi connectivity index (χ4n) is 1.23. The van der Waals surface area contributed by atoms with E-state index in [-0.39, 0.29) is 18.9 Å². The Balaban J connectivity index is 2.31. The van der Waals surface area contributed by atoms with Gasteiger partial charge in [0.25, 0.3) is 0 Å². The fraction of sp³-hybridized carbons (Fsp3) is 0.455. The molecule has 18 heavy (non-hydrogen) atoms. The first-order valence-corrected chi connectivity index (χ1v) is 5.14. The summed E-state index contributed by atoms with van der Waals surface area (Å²) in [6.07, 6.45) is -4.32. The van der Waals surface area contributed by atoms with E-state index in [4.69, 9.17) is 4.74 Å². The van der Waals surface area contributed by atoms with E-state index in [1.807, 2.05) is 0 Å². The van der Waals surface area contributed by atoms with E-state index in [9.17, 15) is 17.6 Å². The summed E-state index contributed by atoms with van der Waals surface area (Å²) in [5.74, 6) is -0.437. The standard InChI is InChI=1S/C11H13F4NO2/c1-17-10-6-8(2-3-9(10)12)16-4-5-18-7-11(13,14)15/h2-3,6,16H,4-5,7H2,1H3. The molecule has 0 bridgehead atoms. The van der Waals surface area contributed by atoms with E-state index in [0.717, 1.165) is 0 Å². The van der Waals surface area contributed by atoms with Crippen LogP contribution in [0.4, 0.5) is 23.2 Å². The predicted octanol–water partition coefficient (Wildman–Crippen LogP) is 2.83. The monoisotopic (exact) mass is 267 g/mol. The molecule has 0 aliphatic heterocycles. The van der Waals surface area contributed by atoms with Gasteiger partial charge in [-0.05, 0) is 12.1 Å². The molecular formula is C11H13F4NO2. The summed E-state index contributed by atoms with van der Waals surface area (Å²) in [4.78, 5) is 0. The average Bonchev–Trinajstić information content (AvgIpc) is 2.29. The van der Waals surface area contributed by atoms with Crippen molar-refractivity contribution in [3.8, 4) is 5.75 Å². The molecule has 0 radical (unpaired) electrons. The highest BCUT2D eigenvalue weighted by Crippen LogP contribution is 2.21. The van der Waals surface area contributed by atoms with Crippen molar-refractivity contribution in [2.75, 3.05) is 32.2 Å². The average molecular weight is 267 g/mol. The van der Waals surface area contributed by atoms with Crippen LogP contribution in [-0.2, 0) is 4.74 Å². The number of alkyl halides is 3. The minimum atomic E-state index is -4.32. The lowest BCUT2D eigenvalue weighted by Crippen LogP contribution is -2.20. The second-order valence-electron chi connectivity index (χ2n) is 3.44. The molecule has 0 saturated carbocycles. The number of hydrogen-bond acceptors (Lipinski definition) is 3. The number of ether oxygens (including phenoxy) is 2. The van der Waals surface area contributed by atoms with E-state index < -0.39 is 18.6 Å². The van der Waals surface area contributed by atoms with E-state index in [1.165, 1.54) is 25.3 Å². The van der Waals surface area contributed by atoms with Gasteiger partial charge in [0.15, 0.2) is 11.6 Å². The molecule has 1 N–H and O–H groups in total. The Bertz CT molecular complexity index is 382. The summed E-state index contributed by atoms with van der Waals surface area (Å²) in [5, 5.41) is 2.79. The number of rotatable bonds is 6. The zero-order valence-electron chi connectivity index (χ0n) is 9.68. The summed E-state index contributed by atoms with van der Waals surface area (Å²) in [6.45, 7) is -1.19. The number of halogens is 4. The molecule has 0 aromatic heterocycles. The van der Waals surface area contributed by atoms with Crippen molar-refractivity contribution >= 4 is 5.69 Å². The lowest BCUT2D eigenvalue weighted by molar-refractivity contribution is -0.172. The maximum atomic E-state index is 13.0. The van der Waals surface area contributed by atoms with Crippen LogP contribution >= 0.6 is 0 Å². The van der Waals surface area contributed by atoms with Gasteiger partial charge in [-0.1, -0.05) is 0 Å². The maximum absolute atomic E-state index is 13.0. The molecule has 0 spiro atoms. The summed E-state index contributed by atoms with van der Waals surface area (Å²) >= 11 is 0. The molecule has 0 fully saturated rings. The molecule has 1 aromatic carbocycles. The van der Waals surface area contributed by atoms with Crippen molar-refractivity contribution in [1.82, 2.24) is 0 Å². The molecule has 0 heterocycles. The van der Waals surface area contributed by atoms with E-state index >= 15 is 0 Å². The van der Waals surface area contributed by atoms with Crippen LogP contribution in [0.15, 0.2) is 18.2 Å². The Morgan fingerprint density at radius 1 is 1.28 bits per heavy atom. The lowest BCUT2D eigenvalue weighted by atomic mass is 10.3. The van der Waals surface area contributed by atoms with Gasteiger partial charge in [0.2, 0.25) is 0 Å². The molecule has 0 aliphatic carbocycles. The van der Waals surface area contributed by atoms with Crippen molar-refractivity contribution in [1.29, 1.82) is 0 Å². The zero-order valence-corrected chi connectivity index (χ0v) is 9.68. The van der Waals surface area contributed by atoms with Gasteiger partial charge in [0.05, 0.1) is 13.7 Å². The first-order valence-electron chi connectivity index (χ1n) is 5.14.